The number of aromatic nitrogens is 1. The lowest BCUT2D eigenvalue weighted by Crippen LogP contribution is -2.17. The van der Waals surface area contributed by atoms with Gasteiger partial charge in [-0.2, -0.15) is 4.99 Å². The first-order chi connectivity index (χ1) is 15.7. The molecule has 0 spiro atoms. The van der Waals surface area contributed by atoms with E-state index >= 15 is 0 Å². The molecule has 1 aliphatic heterocycles. The Morgan fingerprint density at radius 2 is 1.72 bits per heavy atom. The zero-order valence-electron chi connectivity index (χ0n) is 17.0. The molecule has 3 aromatic carbocycles. The number of para-hydroxylation sites is 1. The first-order valence-electron chi connectivity index (χ1n) is 10.00. The van der Waals surface area contributed by atoms with E-state index in [-0.39, 0.29) is 12.5 Å². The summed E-state index contributed by atoms with van der Waals surface area (Å²) in [7, 11) is 0. The van der Waals surface area contributed by atoms with Gasteiger partial charge in [0, 0.05) is 17.7 Å². The van der Waals surface area contributed by atoms with Gasteiger partial charge < -0.3 is 18.8 Å². The fourth-order valence-corrected chi connectivity index (χ4v) is 4.42. The smallest absolute Gasteiger partial charge is 0.279 e. The van der Waals surface area contributed by atoms with Crippen LogP contribution < -0.4 is 19.0 Å². The molecule has 32 heavy (non-hydrogen) atoms. The van der Waals surface area contributed by atoms with E-state index in [9.17, 15) is 4.79 Å². The zero-order chi connectivity index (χ0) is 21.9. The van der Waals surface area contributed by atoms with Gasteiger partial charge in [-0.15, -0.1) is 6.42 Å². The molecule has 0 saturated heterocycles. The van der Waals surface area contributed by atoms with Crippen LogP contribution in [0.3, 0.4) is 0 Å². The summed E-state index contributed by atoms with van der Waals surface area (Å²) in [5.74, 6) is 5.00. The number of rotatable bonds is 4. The molecule has 0 bridgehead atoms. The zero-order valence-corrected chi connectivity index (χ0v) is 17.8. The van der Waals surface area contributed by atoms with Gasteiger partial charge in [0.25, 0.3) is 5.91 Å². The van der Waals surface area contributed by atoms with Crippen molar-refractivity contribution in [2.24, 2.45) is 4.99 Å². The number of amides is 1. The molecule has 0 saturated carbocycles. The summed E-state index contributed by atoms with van der Waals surface area (Å²) >= 11 is 1.38. The van der Waals surface area contributed by atoms with Crippen LogP contribution in [0, 0.1) is 12.3 Å². The number of carbonyl (C=O) groups is 1. The van der Waals surface area contributed by atoms with Gasteiger partial charge in [-0.1, -0.05) is 35.5 Å². The summed E-state index contributed by atoms with van der Waals surface area (Å²) in [6.45, 7) is 1.29. The largest absolute Gasteiger partial charge is 0.486 e. The lowest BCUT2D eigenvalue weighted by molar-refractivity contribution is 0.0998. The van der Waals surface area contributed by atoms with Crippen molar-refractivity contribution >= 4 is 27.5 Å². The van der Waals surface area contributed by atoms with Gasteiger partial charge in [0.05, 0.1) is 16.8 Å². The molecule has 4 aromatic rings. The summed E-state index contributed by atoms with van der Waals surface area (Å²) in [6.07, 6.45) is 5.58. The predicted octanol–water partition coefficient (Wildman–Crippen LogP) is 4.64. The Bertz CT molecular complexity index is 1400. The van der Waals surface area contributed by atoms with Crippen molar-refractivity contribution in [1.29, 1.82) is 0 Å². The molecule has 0 radical (unpaired) electrons. The summed E-state index contributed by atoms with van der Waals surface area (Å²) in [6, 6.07) is 20.1. The molecule has 2 heterocycles. The van der Waals surface area contributed by atoms with E-state index in [1.165, 1.54) is 11.3 Å². The van der Waals surface area contributed by atoms with Crippen molar-refractivity contribution in [3.05, 3.63) is 77.1 Å². The van der Waals surface area contributed by atoms with Crippen molar-refractivity contribution in [3.63, 3.8) is 0 Å². The molecule has 1 aliphatic rings. The highest BCUT2D eigenvalue weighted by Gasteiger charge is 2.17. The van der Waals surface area contributed by atoms with E-state index in [2.05, 4.69) is 10.9 Å². The van der Waals surface area contributed by atoms with Gasteiger partial charge in [-0.3, -0.25) is 4.79 Å². The van der Waals surface area contributed by atoms with Gasteiger partial charge in [0.1, 0.15) is 24.7 Å². The van der Waals surface area contributed by atoms with Gasteiger partial charge in [-0.25, -0.2) is 0 Å². The minimum atomic E-state index is -0.356. The Balaban J connectivity index is 1.47. The molecule has 6 nitrogen and oxygen atoms in total. The van der Waals surface area contributed by atoms with Crippen LogP contribution in [-0.4, -0.2) is 23.7 Å². The van der Waals surface area contributed by atoms with Crippen LogP contribution in [0.15, 0.2) is 71.7 Å². The Hall–Kier alpha value is -4.02. The molecule has 1 aromatic heterocycles. The van der Waals surface area contributed by atoms with Crippen LogP contribution in [0.5, 0.6) is 23.0 Å². The SMILES string of the molecule is C#CCn1c(=NC(=O)c2ccc(Oc3ccccc3)cc2)sc2cc3c(cc21)OCCO3. The third-order valence-corrected chi connectivity index (χ3v) is 5.91. The maximum absolute atomic E-state index is 12.9. The second-order valence-corrected chi connectivity index (χ2v) is 8.00. The molecule has 0 unspecified atom stereocenters. The van der Waals surface area contributed by atoms with E-state index in [4.69, 9.17) is 20.6 Å². The molecular formula is C25H18N2O4S. The highest BCUT2D eigenvalue weighted by atomic mass is 32.1. The number of benzene rings is 3. The number of terminal acetylenes is 1. The van der Waals surface area contributed by atoms with E-state index in [0.29, 0.717) is 40.8 Å². The number of hydrogen-bond donors (Lipinski definition) is 0. The standard InChI is InChI=1S/C25H18N2O4S/c1-2-12-27-20-15-21-22(30-14-13-29-21)16-23(20)32-25(27)26-24(28)17-8-10-19(11-9-17)31-18-6-4-3-5-7-18/h1,3-11,15-16H,12-14H2. The molecular weight excluding hydrogens is 424 g/mol. The van der Waals surface area contributed by atoms with E-state index in [1.807, 2.05) is 47.0 Å². The first-order valence-corrected chi connectivity index (χ1v) is 10.8. The van der Waals surface area contributed by atoms with Gasteiger partial charge in [0.15, 0.2) is 16.3 Å². The first kappa shape index (κ1) is 19.9. The summed E-state index contributed by atoms with van der Waals surface area (Å²) < 4.78 is 19.9. The molecule has 7 heteroatoms. The van der Waals surface area contributed by atoms with E-state index < -0.39 is 0 Å². The summed E-state index contributed by atoms with van der Waals surface area (Å²) in [5, 5.41) is 0. The second-order valence-electron chi connectivity index (χ2n) is 6.99. The molecule has 1 amide bonds. The Morgan fingerprint density at radius 3 is 2.44 bits per heavy atom. The normalized spacial score (nSPS) is 13.0. The topological polar surface area (TPSA) is 62.1 Å². The average molecular weight is 442 g/mol. The van der Waals surface area contributed by atoms with Crippen molar-refractivity contribution in [2.45, 2.75) is 6.54 Å². The third-order valence-electron chi connectivity index (χ3n) is 4.87. The number of ether oxygens (including phenoxy) is 3. The molecule has 0 atom stereocenters. The van der Waals surface area contributed by atoms with Crippen molar-refractivity contribution in [2.75, 3.05) is 13.2 Å². The van der Waals surface area contributed by atoms with E-state index in [0.717, 1.165) is 16.0 Å². The maximum Gasteiger partial charge on any atom is 0.279 e. The van der Waals surface area contributed by atoms with E-state index in [1.54, 1.807) is 24.3 Å². The van der Waals surface area contributed by atoms with Gasteiger partial charge in [-0.05, 0) is 36.4 Å². The fourth-order valence-electron chi connectivity index (χ4n) is 3.38. The minimum absolute atomic E-state index is 0.287. The van der Waals surface area contributed by atoms with Crippen LogP contribution in [0.25, 0.3) is 10.2 Å². The monoisotopic (exact) mass is 442 g/mol. The predicted molar refractivity (Wildman–Crippen MR) is 122 cm³/mol. The molecule has 0 fully saturated rings. The van der Waals surface area contributed by atoms with Crippen LogP contribution >= 0.6 is 11.3 Å². The number of fused-ring (bicyclic) bond motifs is 2. The molecule has 5 rings (SSSR count). The molecule has 0 aliphatic carbocycles. The minimum Gasteiger partial charge on any atom is -0.486 e. The van der Waals surface area contributed by atoms with Crippen LogP contribution in [-0.2, 0) is 6.54 Å². The summed E-state index contributed by atoms with van der Waals surface area (Å²) in [4.78, 5) is 17.7. The quantitative estimate of drug-likeness (QED) is 0.432. The lowest BCUT2D eigenvalue weighted by atomic mass is 10.2. The Morgan fingerprint density at radius 1 is 1.03 bits per heavy atom. The van der Waals surface area contributed by atoms with Gasteiger partial charge in [0.2, 0.25) is 0 Å². The Kier molecular flexibility index (Phi) is 5.36. The number of nitrogens with zero attached hydrogens (tertiary/aromatic N) is 2. The van der Waals surface area contributed by atoms with Crippen molar-refractivity contribution in [3.8, 4) is 35.3 Å². The third kappa shape index (κ3) is 3.96. The second kappa shape index (κ2) is 8.61. The van der Waals surface area contributed by atoms with Crippen LogP contribution in [0.4, 0.5) is 0 Å². The lowest BCUT2D eigenvalue weighted by Gasteiger charge is -2.18. The van der Waals surface area contributed by atoms with Crippen molar-refractivity contribution in [1.82, 2.24) is 4.57 Å². The van der Waals surface area contributed by atoms with Gasteiger partial charge >= 0.3 is 0 Å². The molecule has 158 valence electrons. The Labute approximate surface area is 188 Å². The molecule has 0 N–H and O–H groups in total. The fraction of sp³-hybridized carbons (Fsp3) is 0.120. The van der Waals surface area contributed by atoms with Crippen LogP contribution in [0.1, 0.15) is 10.4 Å². The average Bonchev–Trinajstić information content (AvgIpc) is 3.14. The number of carbonyl (C=O) groups excluding carboxylic acids is 1. The van der Waals surface area contributed by atoms with Crippen LogP contribution in [0.2, 0.25) is 0 Å². The summed E-state index contributed by atoms with van der Waals surface area (Å²) in [5.41, 5.74) is 1.32. The number of thiazole rings is 1. The maximum atomic E-state index is 12.9. The number of hydrogen-bond acceptors (Lipinski definition) is 5. The van der Waals surface area contributed by atoms with Crippen molar-refractivity contribution < 1.29 is 19.0 Å². The highest BCUT2D eigenvalue weighted by Crippen LogP contribution is 2.35. The highest BCUT2D eigenvalue weighted by molar-refractivity contribution is 7.16.